The van der Waals surface area contributed by atoms with Gasteiger partial charge in [0.2, 0.25) is 0 Å². The zero-order chi connectivity index (χ0) is 15.2. The van der Waals surface area contributed by atoms with E-state index >= 15 is 0 Å². The van der Waals surface area contributed by atoms with E-state index in [-0.39, 0.29) is 12.0 Å². The number of hydrogen-bond donors (Lipinski definition) is 1. The molecular formula is C15H30N2O3. The van der Waals surface area contributed by atoms with Crippen LogP contribution in [0.4, 0.5) is 0 Å². The van der Waals surface area contributed by atoms with Gasteiger partial charge in [0.25, 0.3) is 0 Å². The molecule has 0 saturated heterocycles. The van der Waals surface area contributed by atoms with Crippen molar-refractivity contribution in [2.75, 3.05) is 41.0 Å². The van der Waals surface area contributed by atoms with Crippen molar-refractivity contribution in [1.82, 2.24) is 10.2 Å². The third kappa shape index (κ3) is 4.72. The smallest absolute Gasteiger partial charge is 0.327 e. The first-order chi connectivity index (χ1) is 9.46. The van der Waals surface area contributed by atoms with Crippen LogP contribution < -0.4 is 5.32 Å². The summed E-state index contributed by atoms with van der Waals surface area (Å²) in [5.41, 5.74) is -0.565. The molecule has 1 rings (SSSR count). The van der Waals surface area contributed by atoms with Gasteiger partial charge in [-0.3, -0.25) is 5.32 Å². The standard InChI is InChI=1S/C15H30N2O3/c1-12(2)16-15(13-7-8-13,14(18)20-5)11-17(3)9-6-10-19-4/h12-13,16H,6-11H2,1-5H3. The molecule has 0 radical (unpaired) electrons. The van der Waals surface area contributed by atoms with E-state index in [0.717, 1.165) is 32.4 Å². The van der Waals surface area contributed by atoms with Crippen LogP contribution in [-0.4, -0.2) is 63.4 Å². The largest absolute Gasteiger partial charge is 0.468 e. The van der Waals surface area contributed by atoms with Gasteiger partial charge in [-0.25, -0.2) is 4.79 Å². The molecule has 1 N–H and O–H groups in total. The minimum absolute atomic E-state index is 0.132. The van der Waals surface area contributed by atoms with Gasteiger partial charge in [-0.1, -0.05) is 0 Å². The van der Waals surface area contributed by atoms with Crippen molar-refractivity contribution in [3.05, 3.63) is 0 Å². The van der Waals surface area contributed by atoms with E-state index in [1.807, 2.05) is 0 Å². The summed E-state index contributed by atoms with van der Waals surface area (Å²) >= 11 is 0. The summed E-state index contributed by atoms with van der Waals surface area (Å²) < 4.78 is 10.2. The molecule has 1 aliphatic rings. The number of ether oxygens (including phenoxy) is 2. The third-order valence-corrected chi connectivity index (χ3v) is 3.78. The Hall–Kier alpha value is -0.650. The second-order valence-corrected chi connectivity index (χ2v) is 6.12. The molecule has 1 aliphatic carbocycles. The fourth-order valence-electron chi connectivity index (χ4n) is 2.84. The molecular weight excluding hydrogens is 256 g/mol. The van der Waals surface area contributed by atoms with Gasteiger partial charge in [0.15, 0.2) is 0 Å². The summed E-state index contributed by atoms with van der Waals surface area (Å²) in [4.78, 5) is 14.6. The van der Waals surface area contributed by atoms with Crippen molar-refractivity contribution in [3.63, 3.8) is 0 Å². The molecule has 1 unspecified atom stereocenters. The van der Waals surface area contributed by atoms with Gasteiger partial charge >= 0.3 is 5.97 Å². The third-order valence-electron chi connectivity index (χ3n) is 3.78. The summed E-state index contributed by atoms with van der Waals surface area (Å²) in [7, 11) is 5.24. The van der Waals surface area contributed by atoms with E-state index in [1.54, 1.807) is 7.11 Å². The summed E-state index contributed by atoms with van der Waals surface area (Å²) in [6, 6.07) is 0.252. The lowest BCUT2D eigenvalue weighted by Gasteiger charge is -2.37. The maximum Gasteiger partial charge on any atom is 0.327 e. The quantitative estimate of drug-likeness (QED) is 0.484. The predicted molar refractivity (Wildman–Crippen MR) is 79.7 cm³/mol. The van der Waals surface area contributed by atoms with Gasteiger partial charge in [-0.15, -0.1) is 0 Å². The van der Waals surface area contributed by atoms with Gasteiger partial charge in [0, 0.05) is 32.8 Å². The van der Waals surface area contributed by atoms with E-state index in [2.05, 4.69) is 31.1 Å². The number of carbonyl (C=O) groups excluding carboxylic acids is 1. The molecule has 0 aromatic carbocycles. The van der Waals surface area contributed by atoms with Gasteiger partial charge in [-0.2, -0.15) is 0 Å². The number of hydrogen-bond acceptors (Lipinski definition) is 5. The molecule has 118 valence electrons. The molecule has 0 aliphatic heterocycles. The maximum absolute atomic E-state index is 12.4. The van der Waals surface area contributed by atoms with Gasteiger partial charge in [-0.05, 0) is 46.1 Å². The second kappa shape index (κ2) is 7.96. The van der Waals surface area contributed by atoms with Crippen molar-refractivity contribution < 1.29 is 14.3 Å². The molecule has 0 heterocycles. The Labute approximate surface area is 123 Å². The van der Waals surface area contributed by atoms with Crippen LogP contribution in [0.1, 0.15) is 33.1 Å². The number of nitrogens with one attached hydrogen (secondary N) is 1. The predicted octanol–water partition coefficient (Wildman–Crippen LogP) is 1.27. The summed E-state index contributed by atoms with van der Waals surface area (Å²) in [6.07, 6.45) is 3.16. The second-order valence-electron chi connectivity index (χ2n) is 6.12. The molecule has 0 spiro atoms. The monoisotopic (exact) mass is 286 g/mol. The lowest BCUT2D eigenvalue weighted by molar-refractivity contribution is -0.151. The first-order valence-electron chi connectivity index (χ1n) is 7.50. The van der Waals surface area contributed by atoms with Crippen molar-refractivity contribution >= 4 is 5.97 Å². The number of nitrogens with zero attached hydrogens (tertiary/aromatic N) is 1. The summed E-state index contributed by atoms with van der Waals surface area (Å²) in [5.74, 6) is 0.259. The highest BCUT2D eigenvalue weighted by Crippen LogP contribution is 2.41. The van der Waals surface area contributed by atoms with Crippen LogP contribution in [0.15, 0.2) is 0 Å². The Bertz CT molecular complexity index is 305. The van der Waals surface area contributed by atoms with Crippen LogP contribution in [0.2, 0.25) is 0 Å². The fourth-order valence-corrected chi connectivity index (χ4v) is 2.84. The highest BCUT2D eigenvalue weighted by Gasteiger charge is 2.52. The molecule has 0 amide bonds. The van der Waals surface area contributed by atoms with Gasteiger partial charge < -0.3 is 14.4 Å². The molecule has 1 fully saturated rings. The van der Waals surface area contributed by atoms with Crippen LogP contribution in [0.25, 0.3) is 0 Å². The number of methoxy groups -OCH3 is 2. The first kappa shape index (κ1) is 17.4. The first-order valence-corrected chi connectivity index (χ1v) is 7.50. The highest BCUT2D eigenvalue weighted by atomic mass is 16.5. The lowest BCUT2D eigenvalue weighted by Crippen LogP contribution is -2.62. The number of esters is 1. The fraction of sp³-hybridized carbons (Fsp3) is 0.933. The zero-order valence-electron chi connectivity index (χ0n) is 13.6. The summed E-state index contributed by atoms with van der Waals surface area (Å²) in [5, 5.41) is 3.48. The summed E-state index contributed by atoms with van der Waals surface area (Å²) in [6.45, 7) is 6.50. The van der Waals surface area contributed by atoms with Crippen molar-refractivity contribution in [3.8, 4) is 0 Å². The topological polar surface area (TPSA) is 50.8 Å². The Balaban J connectivity index is 2.72. The van der Waals surface area contributed by atoms with Crippen molar-refractivity contribution in [2.45, 2.75) is 44.7 Å². The van der Waals surface area contributed by atoms with Gasteiger partial charge in [0.05, 0.1) is 7.11 Å². The van der Waals surface area contributed by atoms with E-state index < -0.39 is 5.54 Å². The number of rotatable bonds is 10. The normalized spacial score (nSPS) is 18.4. The zero-order valence-corrected chi connectivity index (χ0v) is 13.6. The molecule has 0 aromatic rings. The SMILES string of the molecule is COCCCN(C)CC(NC(C)C)(C(=O)OC)C1CC1. The minimum Gasteiger partial charge on any atom is -0.468 e. The van der Waals surface area contributed by atoms with E-state index in [9.17, 15) is 4.79 Å². The van der Waals surface area contributed by atoms with Crippen molar-refractivity contribution in [1.29, 1.82) is 0 Å². The van der Waals surface area contributed by atoms with Gasteiger partial charge in [0.1, 0.15) is 5.54 Å². The molecule has 1 atom stereocenters. The molecule has 5 heteroatoms. The van der Waals surface area contributed by atoms with E-state index in [1.165, 1.54) is 7.11 Å². The molecule has 20 heavy (non-hydrogen) atoms. The Morgan fingerprint density at radius 1 is 1.40 bits per heavy atom. The van der Waals surface area contributed by atoms with Crippen LogP contribution in [0.3, 0.4) is 0 Å². The van der Waals surface area contributed by atoms with Crippen LogP contribution in [0, 0.1) is 5.92 Å². The van der Waals surface area contributed by atoms with Crippen LogP contribution in [0.5, 0.6) is 0 Å². The Kier molecular flexibility index (Phi) is 6.92. The molecule has 0 aromatic heterocycles. The number of likely N-dealkylation sites (N-methyl/N-ethyl adjacent to an activating group) is 1. The maximum atomic E-state index is 12.4. The van der Waals surface area contributed by atoms with E-state index in [0.29, 0.717) is 12.5 Å². The highest BCUT2D eigenvalue weighted by molar-refractivity contribution is 5.82. The Morgan fingerprint density at radius 3 is 2.50 bits per heavy atom. The van der Waals surface area contributed by atoms with Crippen LogP contribution >= 0.6 is 0 Å². The molecule has 1 saturated carbocycles. The molecule has 0 bridgehead atoms. The minimum atomic E-state index is -0.565. The average Bonchev–Trinajstić information content (AvgIpc) is 3.21. The van der Waals surface area contributed by atoms with Crippen molar-refractivity contribution in [2.24, 2.45) is 5.92 Å². The Morgan fingerprint density at radius 2 is 2.05 bits per heavy atom. The molecule has 5 nitrogen and oxygen atoms in total. The lowest BCUT2D eigenvalue weighted by atomic mass is 9.91. The average molecular weight is 286 g/mol. The number of carbonyl (C=O) groups is 1. The van der Waals surface area contributed by atoms with E-state index in [4.69, 9.17) is 9.47 Å². The van der Waals surface area contributed by atoms with Crippen LogP contribution in [-0.2, 0) is 14.3 Å².